The first-order valence-electron chi connectivity index (χ1n) is 7.51. The molecule has 22 heavy (non-hydrogen) atoms. The molecule has 1 saturated heterocycles. The summed E-state index contributed by atoms with van der Waals surface area (Å²) in [4.78, 5) is 25.7. The lowest BCUT2D eigenvalue weighted by Crippen LogP contribution is -2.44. The van der Waals surface area contributed by atoms with E-state index in [9.17, 15) is 9.59 Å². The Morgan fingerprint density at radius 1 is 1.36 bits per heavy atom. The van der Waals surface area contributed by atoms with Gasteiger partial charge in [0.15, 0.2) is 0 Å². The molecule has 0 saturated carbocycles. The second-order valence-corrected chi connectivity index (χ2v) is 6.16. The lowest BCUT2D eigenvalue weighted by molar-refractivity contribution is -0.121. The van der Waals surface area contributed by atoms with E-state index in [1.165, 1.54) is 11.3 Å². The average Bonchev–Trinajstić information content (AvgIpc) is 2.81. The van der Waals surface area contributed by atoms with Gasteiger partial charge >= 0.3 is 4.87 Å². The van der Waals surface area contributed by atoms with Crippen molar-refractivity contribution in [2.24, 2.45) is 0 Å². The molecular formula is C14H25ClN4O2S. The van der Waals surface area contributed by atoms with Crippen molar-refractivity contribution < 1.29 is 4.79 Å². The number of hydrogen-bond donors (Lipinski definition) is 2. The van der Waals surface area contributed by atoms with Crippen LogP contribution in [-0.2, 0) is 11.3 Å². The second kappa shape index (κ2) is 9.99. The summed E-state index contributed by atoms with van der Waals surface area (Å²) in [6, 6.07) is 0. The van der Waals surface area contributed by atoms with E-state index in [1.807, 2.05) is 12.3 Å². The Labute approximate surface area is 141 Å². The fourth-order valence-corrected chi connectivity index (χ4v) is 3.20. The van der Waals surface area contributed by atoms with Gasteiger partial charge < -0.3 is 20.1 Å². The fraction of sp³-hybridized carbons (Fsp3) is 0.714. The van der Waals surface area contributed by atoms with E-state index < -0.39 is 0 Å². The Morgan fingerprint density at radius 2 is 2.09 bits per heavy atom. The normalized spacial score (nSPS) is 15.3. The number of carbonyl (C=O) groups is 1. The first-order valence-corrected chi connectivity index (χ1v) is 8.39. The molecule has 1 aromatic rings. The highest BCUT2D eigenvalue weighted by molar-refractivity contribution is 7.07. The topological polar surface area (TPSA) is 66.4 Å². The maximum Gasteiger partial charge on any atom is 0.307 e. The van der Waals surface area contributed by atoms with Gasteiger partial charge in [0.05, 0.1) is 0 Å². The average molecular weight is 349 g/mol. The fourth-order valence-electron chi connectivity index (χ4n) is 2.44. The molecule has 1 amide bonds. The largest absolute Gasteiger partial charge is 0.356 e. The molecule has 0 atom stereocenters. The van der Waals surface area contributed by atoms with Crippen LogP contribution in [0.5, 0.6) is 0 Å². The smallest absolute Gasteiger partial charge is 0.307 e. The van der Waals surface area contributed by atoms with Crippen molar-refractivity contribution in [2.45, 2.75) is 26.3 Å². The third-order valence-corrected chi connectivity index (χ3v) is 4.60. The lowest BCUT2D eigenvalue weighted by Gasteiger charge is -2.27. The molecule has 6 nitrogen and oxygen atoms in total. The lowest BCUT2D eigenvalue weighted by atomic mass is 10.3. The first kappa shape index (κ1) is 19.2. The van der Waals surface area contributed by atoms with Crippen molar-refractivity contribution in [1.29, 1.82) is 0 Å². The van der Waals surface area contributed by atoms with Gasteiger partial charge in [0, 0.05) is 56.8 Å². The monoisotopic (exact) mass is 348 g/mol. The van der Waals surface area contributed by atoms with Crippen molar-refractivity contribution >= 4 is 29.7 Å². The van der Waals surface area contributed by atoms with Crippen LogP contribution in [-0.4, -0.2) is 54.6 Å². The van der Waals surface area contributed by atoms with Crippen molar-refractivity contribution in [3.63, 3.8) is 0 Å². The maximum atomic E-state index is 11.8. The summed E-state index contributed by atoms with van der Waals surface area (Å²) in [6.07, 6.45) is 1.34. The van der Waals surface area contributed by atoms with Gasteiger partial charge in [-0.3, -0.25) is 9.59 Å². The molecule has 0 unspecified atom stereocenters. The van der Waals surface area contributed by atoms with E-state index in [0.29, 0.717) is 19.5 Å². The molecule has 126 valence electrons. The highest BCUT2D eigenvalue weighted by Crippen LogP contribution is 2.00. The van der Waals surface area contributed by atoms with E-state index in [4.69, 9.17) is 0 Å². The van der Waals surface area contributed by atoms with E-state index >= 15 is 0 Å². The van der Waals surface area contributed by atoms with Crippen LogP contribution in [0.25, 0.3) is 0 Å². The molecule has 1 fully saturated rings. The van der Waals surface area contributed by atoms with Gasteiger partial charge in [-0.05, 0) is 19.9 Å². The van der Waals surface area contributed by atoms with Crippen LogP contribution < -0.4 is 15.5 Å². The quantitative estimate of drug-likeness (QED) is 0.702. The highest BCUT2D eigenvalue weighted by Gasteiger charge is 2.09. The molecule has 0 spiro atoms. The Hall–Kier alpha value is -0.890. The minimum Gasteiger partial charge on any atom is -0.356 e. The van der Waals surface area contributed by atoms with Gasteiger partial charge in [0.2, 0.25) is 5.91 Å². The summed E-state index contributed by atoms with van der Waals surface area (Å²) in [5.74, 6) is 0.0211. The zero-order chi connectivity index (χ0) is 15.1. The molecule has 2 rings (SSSR count). The van der Waals surface area contributed by atoms with Gasteiger partial charge in [-0.25, -0.2) is 0 Å². The van der Waals surface area contributed by atoms with Crippen LogP contribution in [0.3, 0.4) is 0 Å². The number of aromatic nitrogens is 1. The molecule has 0 bridgehead atoms. The number of hydrogen-bond acceptors (Lipinski definition) is 5. The molecule has 2 N–H and O–H groups in total. The van der Waals surface area contributed by atoms with Gasteiger partial charge in [0.25, 0.3) is 0 Å². The highest BCUT2D eigenvalue weighted by atomic mass is 35.5. The molecule has 1 aliphatic rings. The molecule has 1 aromatic heterocycles. The molecule has 0 aliphatic carbocycles. The van der Waals surface area contributed by atoms with Crippen LogP contribution >= 0.6 is 23.7 Å². The van der Waals surface area contributed by atoms with Crippen molar-refractivity contribution in [3.05, 3.63) is 20.7 Å². The summed E-state index contributed by atoms with van der Waals surface area (Å²) >= 11 is 1.19. The molecule has 8 heteroatoms. The van der Waals surface area contributed by atoms with E-state index in [1.54, 1.807) is 4.57 Å². The number of nitrogens with zero attached hydrogens (tertiary/aromatic N) is 2. The standard InChI is InChI=1S/C14H24N4O2S.ClH/c1-12-11-21-14(20)18(12)8-3-13(19)16-4-2-7-17-9-5-15-6-10-17;/h11,15H,2-10H2,1H3,(H,16,19);1H. The van der Waals surface area contributed by atoms with Gasteiger partial charge in [0.1, 0.15) is 0 Å². The SMILES string of the molecule is Cc1csc(=O)n1CCC(=O)NCCCN1CCNCC1.Cl. The Kier molecular flexibility index (Phi) is 8.70. The third-order valence-electron chi connectivity index (χ3n) is 3.72. The predicted molar refractivity (Wildman–Crippen MR) is 92.1 cm³/mol. The molecule has 1 aliphatic heterocycles. The van der Waals surface area contributed by atoms with Gasteiger partial charge in [-0.15, -0.1) is 12.4 Å². The number of nitrogens with one attached hydrogen (secondary N) is 2. The Morgan fingerprint density at radius 3 is 2.73 bits per heavy atom. The molecule has 2 heterocycles. The molecule has 0 aromatic carbocycles. The van der Waals surface area contributed by atoms with E-state index in [2.05, 4.69) is 15.5 Å². The van der Waals surface area contributed by atoms with Crippen LogP contribution in [0.1, 0.15) is 18.5 Å². The Balaban J connectivity index is 0.00000242. The number of rotatable bonds is 7. The Bertz CT molecular complexity index is 511. The zero-order valence-corrected chi connectivity index (χ0v) is 14.6. The number of amides is 1. The van der Waals surface area contributed by atoms with E-state index in [-0.39, 0.29) is 23.2 Å². The number of aryl methyl sites for hydroxylation is 1. The van der Waals surface area contributed by atoms with Crippen molar-refractivity contribution in [2.75, 3.05) is 39.3 Å². The minimum atomic E-state index is 0. The summed E-state index contributed by atoms with van der Waals surface area (Å²) in [5, 5.41) is 8.08. The van der Waals surface area contributed by atoms with Crippen molar-refractivity contribution in [3.8, 4) is 0 Å². The maximum absolute atomic E-state index is 11.8. The number of carbonyl (C=O) groups excluding carboxylic acids is 1. The van der Waals surface area contributed by atoms with Crippen LogP contribution in [0.2, 0.25) is 0 Å². The predicted octanol–water partition coefficient (Wildman–Crippen LogP) is 0.442. The third kappa shape index (κ3) is 6.08. The number of piperazine rings is 1. The summed E-state index contributed by atoms with van der Waals surface area (Å²) in [6.45, 7) is 8.40. The van der Waals surface area contributed by atoms with Crippen LogP contribution in [0, 0.1) is 6.92 Å². The molecular weight excluding hydrogens is 324 g/mol. The minimum absolute atomic E-state index is 0. The van der Waals surface area contributed by atoms with Crippen LogP contribution in [0.4, 0.5) is 0 Å². The summed E-state index contributed by atoms with van der Waals surface area (Å²) < 4.78 is 1.66. The summed E-state index contributed by atoms with van der Waals surface area (Å²) in [5.41, 5.74) is 0.927. The van der Waals surface area contributed by atoms with Crippen molar-refractivity contribution in [1.82, 2.24) is 20.1 Å². The van der Waals surface area contributed by atoms with E-state index in [0.717, 1.165) is 44.8 Å². The number of halogens is 1. The second-order valence-electron chi connectivity index (χ2n) is 5.34. The number of thiazole rings is 1. The summed E-state index contributed by atoms with van der Waals surface area (Å²) in [7, 11) is 0. The first-order chi connectivity index (χ1) is 10.2. The zero-order valence-electron chi connectivity index (χ0n) is 13.0. The van der Waals surface area contributed by atoms with Gasteiger partial charge in [-0.2, -0.15) is 0 Å². The molecule has 0 radical (unpaired) electrons. The van der Waals surface area contributed by atoms with Crippen LogP contribution in [0.15, 0.2) is 10.2 Å². The van der Waals surface area contributed by atoms with Gasteiger partial charge in [-0.1, -0.05) is 11.3 Å².